The van der Waals surface area contributed by atoms with E-state index in [1.54, 1.807) is 6.07 Å². The maximum Gasteiger partial charge on any atom is 0.150 e. The van der Waals surface area contributed by atoms with Crippen LogP contribution in [0.4, 0.5) is 0 Å². The van der Waals surface area contributed by atoms with E-state index in [0.717, 1.165) is 18.3 Å². The van der Waals surface area contributed by atoms with Crippen molar-refractivity contribution in [3.8, 4) is 5.75 Å². The van der Waals surface area contributed by atoms with Gasteiger partial charge in [-0.1, -0.05) is 43.3 Å². The van der Waals surface area contributed by atoms with Crippen LogP contribution in [-0.4, -0.2) is 11.4 Å². The molecule has 2 aromatic rings. The maximum atomic E-state index is 10.8. The fraction of sp³-hybridized carbons (Fsp3) is 0.381. The van der Waals surface area contributed by atoms with Crippen LogP contribution >= 0.6 is 0 Å². The molecule has 1 aliphatic carbocycles. The molecule has 0 heterocycles. The predicted molar refractivity (Wildman–Crippen MR) is 92.9 cm³/mol. The second kappa shape index (κ2) is 6.99. The molecular weight excluding hydrogens is 284 g/mol. The third-order valence-electron chi connectivity index (χ3n) is 5.32. The van der Waals surface area contributed by atoms with Gasteiger partial charge in [-0.05, 0) is 66.7 Å². The average molecular weight is 308 g/mol. The van der Waals surface area contributed by atoms with Crippen LogP contribution in [0.3, 0.4) is 0 Å². The fourth-order valence-electron chi connectivity index (χ4n) is 3.92. The molecule has 0 amide bonds. The van der Waals surface area contributed by atoms with Gasteiger partial charge in [0.05, 0.1) is 0 Å². The highest BCUT2D eigenvalue weighted by Gasteiger charge is 2.29. The molecule has 0 spiro atoms. The fourth-order valence-corrected chi connectivity index (χ4v) is 3.92. The molecule has 1 aliphatic rings. The number of benzene rings is 2. The number of phenols is 1. The van der Waals surface area contributed by atoms with Crippen molar-refractivity contribution < 1.29 is 9.90 Å². The normalized spacial score (nSPS) is 22.0. The van der Waals surface area contributed by atoms with Crippen LogP contribution in [0.25, 0.3) is 0 Å². The van der Waals surface area contributed by atoms with Crippen molar-refractivity contribution in [3.05, 3.63) is 65.2 Å². The van der Waals surface area contributed by atoms with Crippen molar-refractivity contribution >= 4 is 6.29 Å². The Hall–Kier alpha value is -2.09. The van der Waals surface area contributed by atoms with E-state index in [2.05, 4.69) is 25.1 Å². The van der Waals surface area contributed by atoms with Gasteiger partial charge in [0.25, 0.3) is 0 Å². The first-order chi connectivity index (χ1) is 11.2. The number of hydrogen-bond acceptors (Lipinski definition) is 2. The minimum atomic E-state index is 0.362. The standard InChI is InChI=1S/C21H24O2/c1-15(19-8-5-16(14-22)6-9-19)20-10-7-18(12-20)11-17-3-2-4-21(23)13-17/h2-6,8-9,13-15,18,20,23H,7,10-12H2,1H3/t15-,18-,20-/m0/s1. The van der Waals surface area contributed by atoms with E-state index < -0.39 is 0 Å². The molecule has 1 N–H and O–H groups in total. The van der Waals surface area contributed by atoms with E-state index in [0.29, 0.717) is 23.5 Å². The number of phenolic OH excluding ortho intramolecular Hbond substituents is 1. The van der Waals surface area contributed by atoms with E-state index in [1.807, 2.05) is 24.3 Å². The lowest BCUT2D eigenvalue weighted by atomic mass is 9.85. The van der Waals surface area contributed by atoms with Crippen LogP contribution in [0.5, 0.6) is 5.75 Å². The lowest BCUT2D eigenvalue weighted by Crippen LogP contribution is -2.08. The van der Waals surface area contributed by atoms with Crippen LogP contribution in [0, 0.1) is 11.8 Å². The first kappa shape index (κ1) is 15.8. The molecule has 0 aromatic heterocycles. The van der Waals surface area contributed by atoms with Gasteiger partial charge in [-0.2, -0.15) is 0 Å². The van der Waals surface area contributed by atoms with Crippen LogP contribution in [0.2, 0.25) is 0 Å². The smallest absolute Gasteiger partial charge is 0.150 e. The SMILES string of the molecule is C[C@@H](c1ccc(C=O)cc1)[C@H]1CC[C@@H](Cc2cccc(O)c2)C1. The highest BCUT2D eigenvalue weighted by atomic mass is 16.3. The number of carbonyl (C=O) groups is 1. The molecule has 0 bridgehead atoms. The largest absolute Gasteiger partial charge is 0.508 e. The Balaban J connectivity index is 1.61. The molecule has 0 unspecified atom stereocenters. The summed E-state index contributed by atoms with van der Waals surface area (Å²) in [6.45, 7) is 2.30. The number of aldehydes is 1. The third-order valence-corrected chi connectivity index (χ3v) is 5.32. The molecule has 3 rings (SSSR count). The molecule has 2 aromatic carbocycles. The summed E-state index contributed by atoms with van der Waals surface area (Å²) in [6, 6.07) is 15.7. The summed E-state index contributed by atoms with van der Waals surface area (Å²) in [5.41, 5.74) is 3.31. The topological polar surface area (TPSA) is 37.3 Å². The van der Waals surface area contributed by atoms with Crippen LogP contribution in [0.15, 0.2) is 48.5 Å². The van der Waals surface area contributed by atoms with Gasteiger partial charge in [0.2, 0.25) is 0 Å². The molecule has 1 saturated carbocycles. The van der Waals surface area contributed by atoms with E-state index in [4.69, 9.17) is 0 Å². The summed E-state index contributed by atoms with van der Waals surface area (Å²) in [7, 11) is 0. The van der Waals surface area contributed by atoms with Gasteiger partial charge in [-0.15, -0.1) is 0 Å². The zero-order valence-electron chi connectivity index (χ0n) is 13.6. The second-order valence-corrected chi connectivity index (χ2v) is 6.89. The minimum absolute atomic E-state index is 0.362. The van der Waals surface area contributed by atoms with Crippen LogP contribution in [0.1, 0.15) is 53.6 Å². The van der Waals surface area contributed by atoms with Crippen molar-refractivity contribution in [1.29, 1.82) is 0 Å². The Morgan fingerprint density at radius 3 is 2.65 bits per heavy atom. The van der Waals surface area contributed by atoms with E-state index >= 15 is 0 Å². The molecule has 2 heteroatoms. The van der Waals surface area contributed by atoms with Crippen molar-refractivity contribution in [2.45, 2.75) is 38.5 Å². The van der Waals surface area contributed by atoms with Crippen molar-refractivity contribution in [3.63, 3.8) is 0 Å². The zero-order chi connectivity index (χ0) is 16.2. The first-order valence-corrected chi connectivity index (χ1v) is 8.48. The molecule has 3 atom stereocenters. The van der Waals surface area contributed by atoms with Crippen molar-refractivity contribution in [1.82, 2.24) is 0 Å². The number of hydrogen-bond donors (Lipinski definition) is 1. The van der Waals surface area contributed by atoms with Crippen molar-refractivity contribution in [2.75, 3.05) is 0 Å². The number of rotatable bonds is 5. The third kappa shape index (κ3) is 3.82. The highest BCUT2D eigenvalue weighted by molar-refractivity contribution is 5.74. The highest BCUT2D eigenvalue weighted by Crippen LogP contribution is 2.41. The summed E-state index contributed by atoms with van der Waals surface area (Å²) < 4.78 is 0. The zero-order valence-corrected chi connectivity index (χ0v) is 13.6. The first-order valence-electron chi connectivity index (χ1n) is 8.48. The summed E-state index contributed by atoms with van der Waals surface area (Å²) >= 11 is 0. The van der Waals surface area contributed by atoms with Gasteiger partial charge in [0.15, 0.2) is 0 Å². The van der Waals surface area contributed by atoms with Crippen molar-refractivity contribution in [2.24, 2.45) is 11.8 Å². The van der Waals surface area contributed by atoms with Gasteiger partial charge in [0.1, 0.15) is 12.0 Å². The van der Waals surface area contributed by atoms with Gasteiger partial charge in [-0.25, -0.2) is 0 Å². The molecule has 0 saturated heterocycles. The Morgan fingerprint density at radius 1 is 1.17 bits per heavy atom. The molecule has 0 radical (unpaired) electrons. The van der Waals surface area contributed by atoms with E-state index in [9.17, 15) is 9.90 Å². The van der Waals surface area contributed by atoms with E-state index in [1.165, 1.54) is 30.4 Å². The minimum Gasteiger partial charge on any atom is -0.508 e. The number of aromatic hydroxyl groups is 1. The van der Waals surface area contributed by atoms with E-state index in [-0.39, 0.29) is 0 Å². The Labute approximate surface area is 138 Å². The summed E-state index contributed by atoms with van der Waals surface area (Å²) in [5.74, 6) is 2.31. The monoisotopic (exact) mass is 308 g/mol. The van der Waals surface area contributed by atoms with Crippen LogP contribution < -0.4 is 0 Å². The molecule has 0 aliphatic heterocycles. The summed E-state index contributed by atoms with van der Waals surface area (Å²) in [5, 5.41) is 9.59. The molecular formula is C21H24O2. The second-order valence-electron chi connectivity index (χ2n) is 6.89. The molecule has 120 valence electrons. The Kier molecular flexibility index (Phi) is 4.80. The number of carbonyl (C=O) groups excluding carboxylic acids is 1. The van der Waals surface area contributed by atoms with Crippen LogP contribution in [-0.2, 0) is 6.42 Å². The van der Waals surface area contributed by atoms with Gasteiger partial charge >= 0.3 is 0 Å². The molecule has 2 nitrogen and oxygen atoms in total. The van der Waals surface area contributed by atoms with Gasteiger partial charge in [-0.3, -0.25) is 4.79 Å². The van der Waals surface area contributed by atoms with Gasteiger partial charge in [0, 0.05) is 5.56 Å². The molecule has 1 fully saturated rings. The summed E-state index contributed by atoms with van der Waals surface area (Å²) in [4.78, 5) is 10.8. The average Bonchev–Trinajstić information content (AvgIpc) is 3.03. The Morgan fingerprint density at radius 2 is 1.96 bits per heavy atom. The predicted octanol–water partition coefficient (Wildman–Crippen LogP) is 4.97. The summed E-state index contributed by atoms with van der Waals surface area (Å²) in [6.07, 6.45) is 5.72. The quantitative estimate of drug-likeness (QED) is 0.792. The lowest BCUT2D eigenvalue weighted by Gasteiger charge is -2.20. The lowest BCUT2D eigenvalue weighted by molar-refractivity contribution is 0.112. The molecule has 23 heavy (non-hydrogen) atoms. The maximum absolute atomic E-state index is 10.8. The Bertz CT molecular complexity index is 660. The van der Waals surface area contributed by atoms with Gasteiger partial charge < -0.3 is 5.11 Å².